The van der Waals surface area contributed by atoms with Gasteiger partial charge in [-0.05, 0) is 29.8 Å². The number of anilines is 1. The zero-order chi connectivity index (χ0) is 25.0. The van der Waals surface area contributed by atoms with E-state index >= 15 is 0 Å². The van der Waals surface area contributed by atoms with Gasteiger partial charge in [0.25, 0.3) is 5.91 Å². The van der Waals surface area contributed by atoms with Crippen molar-refractivity contribution in [3.05, 3.63) is 75.9 Å². The van der Waals surface area contributed by atoms with Gasteiger partial charge in [-0.15, -0.1) is 0 Å². The summed E-state index contributed by atoms with van der Waals surface area (Å²) in [6, 6.07) is 14.1. The Morgan fingerprint density at radius 1 is 1.06 bits per heavy atom. The van der Waals surface area contributed by atoms with Crippen LogP contribution in [-0.2, 0) is 9.59 Å². The summed E-state index contributed by atoms with van der Waals surface area (Å²) in [5, 5.41) is 19.8. The quantitative estimate of drug-likeness (QED) is 0.415. The summed E-state index contributed by atoms with van der Waals surface area (Å²) in [4.78, 5) is 37.2. The lowest BCUT2D eigenvalue weighted by molar-refractivity contribution is -0.137. The Morgan fingerprint density at radius 2 is 1.74 bits per heavy atom. The predicted octanol–water partition coefficient (Wildman–Crippen LogP) is 5.11. The van der Waals surface area contributed by atoms with Gasteiger partial charge in [-0.25, -0.2) is 4.68 Å². The van der Waals surface area contributed by atoms with Crippen LogP contribution in [0, 0.1) is 5.41 Å². The molecule has 2 aromatic carbocycles. The Hall–Kier alpha value is -3.36. The Bertz CT molecular complexity index is 1220. The van der Waals surface area contributed by atoms with Gasteiger partial charge in [-0.2, -0.15) is 5.10 Å². The SMILES string of the molecule is CC(C)(C)C(=O)Nc1cc(C(=O)N[C@@H](CC(=O)O)c2ccc(Cl)cc2Cl)nn1-c1ccccc1. The van der Waals surface area contributed by atoms with E-state index in [-0.39, 0.29) is 16.6 Å². The van der Waals surface area contributed by atoms with Crippen LogP contribution in [-0.4, -0.2) is 32.7 Å². The first-order chi connectivity index (χ1) is 16.0. The van der Waals surface area contributed by atoms with E-state index in [0.29, 0.717) is 22.1 Å². The fourth-order valence-corrected chi connectivity index (χ4v) is 3.62. The number of carbonyl (C=O) groups is 3. The Labute approximate surface area is 206 Å². The standard InChI is InChI=1S/C24H24Cl2N4O4/c1-24(2,3)23(34)28-20-12-19(29-30(20)15-7-5-4-6-8-15)22(33)27-18(13-21(31)32)16-10-9-14(25)11-17(16)26/h4-12,18H,13H2,1-3H3,(H,27,33)(H,28,34)(H,31,32)/t18-/m0/s1. The molecule has 0 aliphatic heterocycles. The maximum atomic E-state index is 13.1. The molecule has 0 spiro atoms. The normalized spacial score (nSPS) is 12.1. The van der Waals surface area contributed by atoms with Crippen molar-refractivity contribution in [2.24, 2.45) is 5.41 Å². The third kappa shape index (κ3) is 6.15. The molecule has 3 rings (SSSR count). The maximum Gasteiger partial charge on any atom is 0.305 e. The molecule has 1 aromatic heterocycles. The highest BCUT2D eigenvalue weighted by atomic mass is 35.5. The van der Waals surface area contributed by atoms with Gasteiger partial charge in [0.15, 0.2) is 5.69 Å². The highest BCUT2D eigenvalue weighted by molar-refractivity contribution is 6.35. The molecule has 0 saturated carbocycles. The lowest BCUT2D eigenvalue weighted by Crippen LogP contribution is -2.30. The van der Waals surface area contributed by atoms with Crippen molar-refractivity contribution in [2.75, 3.05) is 5.32 Å². The molecule has 0 aliphatic rings. The number of carboxylic acid groups (broad SMARTS) is 1. The summed E-state index contributed by atoms with van der Waals surface area (Å²) >= 11 is 12.2. The predicted molar refractivity (Wildman–Crippen MR) is 131 cm³/mol. The van der Waals surface area contributed by atoms with Crippen LogP contribution in [0.25, 0.3) is 5.69 Å². The van der Waals surface area contributed by atoms with Crippen LogP contribution in [0.3, 0.4) is 0 Å². The van der Waals surface area contributed by atoms with Gasteiger partial charge in [0.1, 0.15) is 5.82 Å². The van der Waals surface area contributed by atoms with Crippen molar-refractivity contribution in [3.63, 3.8) is 0 Å². The summed E-state index contributed by atoms with van der Waals surface area (Å²) in [5.41, 5.74) is 0.360. The molecule has 178 valence electrons. The molecule has 10 heteroatoms. The molecule has 0 unspecified atom stereocenters. The number of nitrogens with zero attached hydrogens (tertiary/aromatic N) is 2. The molecule has 0 bridgehead atoms. The lowest BCUT2D eigenvalue weighted by atomic mass is 9.96. The Morgan fingerprint density at radius 3 is 2.32 bits per heavy atom. The average Bonchev–Trinajstić information content (AvgIpc) is 3.17. The molecule has 3 N–H and O–H groups in total. The molecular formula is C24H24Cl2N4O4. The van der Waals surface area contributed by atoms with Crippen LogP contribution in [0.5, 0.6) is 0 Å². The number of carboxylic acids is 1. The molecule has 8 nitrogen and oxygen atoms in total. The van der Waals surface area contributed by atoms with Crippen LogP contribution in [0.4, 0.5) is 5.82 Å². The average molecular weight is 503 g/mol. The Kier molecular flexibility index (Phi) is 7.64. The highest BCUT2D eigenvalue weighted by Gasteiger charge is 2.26. The minimum Gasteiger partial charge on any atom is -0.481 e. The summed E-state index contributed by atoms with van der Waals surface area (Å²) in [6.07, 6.45) is -0.403. The number of aliphatic carboxylic acids is 1. The number of benzene rings is 2. The minimum atomic E-state index is -1.12. The topological polar surface area (TPSA) is 113 Å². The first-order valence-corrected chi connectivity index (χ1v) is 11.2. The third-order valence-corrected chi connectivity index (χ3v) is 5.45. The number of hydrogen-bond acceptors (Lipinski definition) is 4. The zero-order valence-corrected chi connectivity index (χ0v) is 20.3. The number of hydrogen-bond donors (Lipinski definition) is 3. The van der Waals surface area contributed by atoms with E-state index in [0.717, 1.165) is 0 Å². The van der Waals surface area contributed by atoms with E-state index in [1.807, 2.05) is 6.07 Å². The van der Waals surface area contributed by atoms with Crippen molar-refractivity contribution in [1.29, 1.82) is 0 Å². The van der Waals surface area contributed by atoms with Crippen molar-refractivity contribution >= 4 is 46.8 Å². The molecule has 1 atom stereocenters. The molecular weight excluding hydrogens is 479 g/mol. The van der Waals surface area contributed by atoms with Gasteiger partial charge in [-0.1, -0.05) is 68.2 Å². The number of rotatable bonds is 7. The summed E-state index contributed by atoms with van der Waals surface area (Å²) in [7, 11) is 0. The van der Waals surface area contributed by atoms with Crippen LogP contribution in [0.2, 0.25) is 10.0 Å². The molecule has 0 aliphatic carbocycles. The van der Waals surface area contributed by atoms with Crippen molar-refractivity contribution in [3.8, 4) is 5.69 Å². The second kappa shape index (κ2) is 10.3. The maximum absolute atomic E-state index is 13.1. The summed E-state index contributed by atoms with van der Waals surface area (Å²) in [5.74, 6) is -1.70. The molecule has 34 heavy (non-hydrogen) atoms. The fraction of sp³-hybridized carbons (Fsp3) is 0.250. The van der Waals surface area contributed by atoms with Crippen molar-refractivity contribution in [1.82, 2.24) is 15.1 Å². The molecule has 0 fully saturated rings. The number of amides is 2. The number of nitrogens with one attached hydrogen (secondary N) is 2. The second-order valence-corrected chi connectivity index (χ2v) is 9.50. The molecule has 2 amide bonds. The molecule has 0 radical (unpaired) electrons. The van der Waals surface area contributed by atoms with Crippen LogP contribution < -0.4 is 10.6 Å². The van der Waals surface area contributed by atoms with Crippen molar-refractivity contribution in [2.45, 2.75) is 33.2 Å². The van der Waals surface area contributed by atoms with E-state index in [9.17, 15) is 19.5 Å². The number of halogens is 2. The molecule has 1 heterocycles. The number of carbonyl (C=O) groups excluding carboxylic acids is 2. The van der Waals surface area contributed by atoms with Gasteiger partial charge < -0.3 is 15.7 Å². The van der Waals surface area contributed by atoms with Gasteiger partial charge in [0.2, 0.25) is 5.91 Å². The second-order valence-electron chi connectivity index (χ2n) is 8.66. The molecule has 0 saturated heterocycles. The number of para-hydroxylation sites is 1. The number of aromatic nitrogens is 2. The fourth-order valence-electron chi connectivity index (χ4n) is 3.08. The van der Waals surface area contributed by atoms with Gasteiger partial charge >= 0.3 is 5.97 Å². The highest BCUT2D eigenvalue weighted by Crippen LogP contribution is 2.29. The van der Waals surface area contributed by atoms with Crippen LogP contribution >= 0.6 is 23.2 Å². The van der Waals surface area contributed by atoms with E-state index in [2.05, 4.69) is 15.7 Å². The van der Waals surface area contributed by atoms with Gasteiger partial charge in [0, 0.05) is 21.5 Å². The summed E-state index contributed by atoms with van der Waals surface area (Å²) < 4.78 is 1.44. The zero-order valence-electron chi connectivity index (χ0n) is 18.8. The van der Waals surface area contributed by atoms with Gasteiger partial charge in [-0.3, -0.25) is 14.4 Å². The Balaban J connectivity index is 1.96. The largest absolute Gasteiger partial charge is 0.481 e. The first kappa shape index (κ1) is 25.3. The van der Waals surface area contributed by atoms with E-state index < -0.39 is 29.8 Å². The lowest BCUT2D eigenvalue weighted by Gasteiger charge is -2.18. The van der Waals surface area contributed by atoms with Crippen LogP contribution in [0.15, 0.2) is 54.6 Å². The monoisotopic (exact) mass is 502 g/mol. The molecule has 3 aromatic rings. The smallest absolute Gasteiger partial charge is 0.305 e. The third-order valence-electron chi connectivity index (χ3n) is 4.89. The van der Waals surface area contributed by atoms with E-state index in [4.69, 9.17) is 23.2 Å². The first-order valence-electron chi connectivity index (χ1n) is 10.4. The van der Waals surface area contributed by atoms with Gasteiger partial charge in [0.05, 0.1) is 18.2 Å². The minimum absolute atomic E-state index is 0.00598. The van der Waals surface area contributed by atoms with Crippen LogP contribution in [0.1, 0.15) is 49.3 Å². The summed E-state index contributed by atoms with van der Waals surface area (Å²) in [6.45, 7) is 5.31. The van der Waals surface area contributed by atoms with E-state index in [1.54, 1.807) is 57.2 Å². The van der Waals surface area contributed by atoms with E-state index in [1.165, 1.54) is 16.8 Å². The van der Waals surface area contributed by atoms with Crippen molar-refractivity contribution < 1.29 is 19.5 Å².